The van der Waals surface area contributed by atoms with Crippen molar-refractivity contribution in [2.45, 2.75) is 32.6 Å². The number of aliphatic hydroxyl groups is 1. The second-order valence-electron chi connectivity index (χ2n) is 3.01. The first kappa shape index (κ1) is 13.4. The minimum Gasteiger partial charge on any atom is -0.466 e. The standard InChI is InChI=1S/C10H20O4/c1-2-3-8-14-10(12)5-4-7-13-9-6-11/h11H,2-9H2,1H3. The number of unbranched alkanes of at least 4 members (excludes halogenated alkanes) is 1. The summed E-state index contributed by atoms with van der Waals surface area (Å²) < 4.78 is 9.95. The van der Waals surface area contributed by atoms with Crippen LogP contribution in [-0.4, -0.2) is 37.5 Å². The van der Waals surface area contributed by atoms with Crippen LogP contribution in [0.5, 0.6) is 0 Å². The van der Waals surface area contributed by atoms with Crippen molar-refractivity contribution in [3.05, 3.63) is 0 Å². The zero-order chi connectivity index (χ0) is 10.6. The van der Waals surface area contributed by atoms with Crippen LogP contribution in [-0.2, 0) is 14.3 Å². The molecule has 0 saturated heterocycles. The van der Waals surface area contributed by atoms with Crippen LogP contribution in [0.3, 0.4) is 0 Å². The second-order valence-corrected chi connectivity index (χ2v) is 3.01. The molecule has 0 spiro atoms. The summed E-state index contributed by atoms with van der Waals surface area (Å²) in [5, 5.41) is 8.40. The number of hydrogen-bond acceptors (Lipinski definition) is 4. The number of esters is 1. The van der Waals surface area contributed by atoms with Crippen LogP contribution in [0.25, 0.3) is 0 Å². The van der Waals surface area contributed by atoms with Gasteiger partial charge in [-0.2, -0.15) is 0 Å². The molecule has 0 amide bonds. The Labute approximate surface area is 85.2 Å². The second kappa shape index (κ2) is 10.5. The van der Waals surface area contributed by atoms with Gasteiger partial charge in [-0.25, -0.2) is 0 Å². The summed E-state index contributed by atoms with van der Waals surface area (Å²) in [7, 11) is 0. The molecule has 0 aliphatic rings. The van der Waals surface area contributed by atoms with Crippen molar-refractivity contribution in [3.63, 3.8) is 0 Å². The van der Waals surface area contributed by atoms with Crippen LogP contribution < -0.4 is 0 Å². The average molecular weight is 204 g/mol. The molecule has 0 aromatic heterocycles. The van der Waals surface area contributed by atoms with Crippen LogP contribution in [0.4, 0.5) is 0 Å². The summed E-state index contributed by atoms with van der Waals surface area (Å²) in [6.07, 6.45) is 3.01. The van der Waals surface area contributed by atoms with Gasteiger partial charge < -0.3 is 14.6 Å². The molecule has 0 aromatic carbocycles. The maximum absolute atomic E-state index is 11.0. The number of aliphatic hydroxyl groups excluding tert-OH is 1. The van der Waals surface area contributed by atoms with Crippen molar-refractivity contribution < 1.29 is 19.4 Å². The molecule has 0 aliphatic carbocycles. The minimum atomic E-state index is -0.161. The monoisotopic (exact) mass is 204 g/mol. The van der Waals surface area contributed by atoms with Crippen LogP contribution in [0, 0.1) is 0 Å². The van der Waals surface area contributed by atoms with E-state index in [4.69, 9.17) is 14.6 Å². The molecular formula is C10H20O4. The first-order valence-electron chi connectivity index (χ1n) is 5.15. The van der Waals surface area contributed by atoms with E-state index >= 15 is 0 Å². The Morgan fingerprint density at radius 1 is 1.21 bits per heavy atom. The first-order valence-corrected chi connectivity index (χ1v) is 5.15. The minimum absolute atomic E-state index is 0.0287. The van der Waals surface area contributed by atoms with Gasteiger partial charge in [0.25, 0.3) is 0 Å². The van der Waals surface area contributed by atoms with E-state index in [9.17, 15) is 4.79 Å². The average Bonchev–Trinajstić information content (AvgIpc) is 2.18. The van der Waals surface area contributed by atoms with Gasteiger partial charge in [-0.1, -0.05) is 13.3 Å². The third kappa shape index (κ3) is 9.48. The van der Waals surface area contributed by atoms with Crippen molar-refractivity contribution in [2.75, 3.05) is 26.4 Å². The van der Waals surface area contributed by atoms with Gasteiger partial charge >= 0.3 is 5.97 Å². The molecule has 0 radical (unpaired) electrons. The lowest BCUT2D eigenvalue weighted by atomic mass is 10.3. The maximum Gasteiger partial charge on any atom is 0.305 e. The van der Waals surface area contributed by atoms with Gasteiger partial charge in [0.2, 0.25) is 0 Å². The Morgan fingerprint density at radius 2 is 2.00 bits per heavy atom. The molecule has 84 valence electrons. The van der Waals surface area contributed by atoms with Crippen LogP contribution in [0.15, 0.2) is 0 Å². The van der Waals surface area contributed by atoms with E-state index in [-0.39, 0.29) is 12.6 Å². The molecule has 4 heteroatoms. The maximum atomic E-state index is 11.0. The molecule has 0 atom stereocenters. The fourth-order valence-corrected chi connectivity index (χ4v) is 0.888. The summed E-state index contributed by atoms with van der Waals surface area (Å²) >= 11 is 0. The van der Waals surface area contributed by atoms with Crippen LogP contribution >= 0.6 is 0 Å². The molecular weight excluding hydrogens is 184 g/mol. The molecule has 0 unspecified atom stereocenters. The third-order valence-electron chi connectivity index (χ3n) is 1.67. The van der Waals surface area contributed by atoms with Crippen molar-refractivity contribution >= 4 is 5.97 Å². The molecule has 14 heavy (non-hydrogen) atoms. The molecule has 0 rings (SSSR count). The quantitative estimate of drug-likeness (QED) is 0.451. The lowest BCUT2D eigenvalue weighted by Crippen LogP contribution is -2.08. The Kier molecular flexibility index (Phi) is 10.0. The molecule has 0 aromatic rings. The fraction of sp³-hybridized carbons (Fsp3) is 0.900. The van der Waals surface area contributed by atoms with Gasteiger partial charge in [0.05, 0.1) is 19.8 Å². The van der Waals surface area contributed by atoms with Crippen molar-refractivity contribution in [1.82, 2.24) is 0 Å². The Bertz CT molecular complexity index is 136. The summed E-state index contributed by atoms with van der Waals surface area (Å²) in [5.41, 5.74) is 0. The molecule has 0 saturated carbocycles. The van der Waals surface area contributed by atoms with E-state index in [1.54, 1.807) is 0 Å². The molecule has 0 bridgehead atoms. The fourth-order valence-electron chi connectivity index (χ4n) is 0.888. The van der Waals surface area contributed by atoms with Crippen LogP contribution in [0.2, 0.25) is 0 Å². The van der Waals surface area contributed by atoms with Gasteiger partial charge in [0, 0.05) is 13.0 Å². The zero-order valence-corrected chi connectivity index (χ0v) is 8.83. The summed E-state index contributed by atoms with van der Waals surface area (Å²) in [4.78, 5) is 11.0. The van der Waals surface area contributed by atoms with Crippen molar-refractivity contribution in [2.24, 2.45) is 0 Å². The Morgan fingerprint density at radius 3 is 2.64 bits per heavy atom. The van der Waals surface area contributed by atoms with E-state index < -0.39 is 0 Å². The first-order chi connectivity index (χ1) is 6.81. The molecule has 0 aliphatic heterocycles. The number of ether oxygens (including phenoxy) is 2. The van der Waals surface area contributed by atoms with Crippen LogP contribution in [0.1, 0.15) is 32.6 Å². The van der Waals surface area contributed by atoms with Gasteiger partial charge in [0.15, 0.2) is 0 Å². The molecule has 0 heterocycles. The van der Waals surface area contributed by atoms with Crippen molar-refractivity contribution in [3.8, 4) is 0 Å². The zero-order valence-electron chi connectivity index (χ0n) is 8.83. The van der Waals surface area contributed by atoms with Gasteiger partial charge in [-0.3, -0.25) is 4.79 Å². The third-order valence-corrected chi connectivity index (χ3v) is 1.67. The summed E-state index contributed by atoms with van der Waals surface area (Å²) in [6.45, 7) is 3.44. The predicted molar refractivity (Wildman–Crippen MR) is 53.0 cm³/mol. The van der Waals surface area contributed by atoms with E-state index in [2.05, 4.69) is 6.92 Å². The SMILES string of the molecule is CCCCOC(=O)CCCOCCO. The van der Waals surface area contributed by atoms with E-state index in [1.807, 2.05) is 0 Å². The number of hydrogen-bond donors (Lipinski definition) is 1. The van der Waals surface area contributed by atoms with Gasteiger partial charge in [-0.05, 0) is 12.8 Å². The smallest absolute Gasteiger partial charge is 0.305 e. The normalized spacial score (nSPS) is 10.1. The predicted octanol–water partition coefficient (Wildman–Crippen LogP) is 1.12. The topological polar surface area (TPSA) is 55.8 Å². The highest BCUT2D eigenvalue weighted by Gasteiger charge is 2.01. The Hall–Kier alpha value is -0.610. The highest BCUT2D eigenvalue weighted by atomic mass is 16.5. The van der Waals surface area contributed by atoms with Gasteiger partial charge in [-0.15, -0.1) is 0 Å². The molecule has 0 fully saturated rings. The van der Waals surface area contributed by atoms with E-state index in [0.717, 1.165) is 12.8 Å². The number of rotatable bonds is 9. The lowest BCUT2D eigenvalue weighted by molar-refractivity contribution is -0.144. The highest BCUT2D eigenvalue weighted by molar-refractivity contribution is 5.69. The summed E-state index contributed by atoms with van der Waals surface area (Å²) in [6, 6.07) is 0. The molecule has 4 nitrogen and oxygen atoms in total. The van der Waals surface area contributed by atoms with Crippen molar-refractivity contribution in [1.29, 1.82) is 0 Å². The largest absolute Gasteiger partial charge is 0.466 e. The number of carbonyl (C=O) groups excluding carboxylic acids is 1. The number of carbonyl (C=O) groups is 1. The lowest BCUT2D eigenvalue weighted by Gasteiger charge is -2.03. The molecule has 1 N–H and O–H groups in total. The summed E-state index contributed by atoms with van der Waals surface area (Å²) in [5.74, 6) is -0.161. The Balaban J connectivity index is 3.10. The van der Waals surface area contributed by atoms with E-state index in [1.165, 1.54) is 0 Å². The van der Waals surface area contributed by atoms with E-state index in [0.29, 0.717) is 32.7 Å². The highest BCUT2D eigenvalue weighted by Crippen LogP contribution is 1.96. The van der Waals surface area contributed by atoms with Gasteiger partial charge in [0.1, 0.15) is 0 Å².